The Bertz CT molecular complexity index is 882. The summed E-state index contributed by atoms with van der Waals surface area (Å²) in [5, 5.41) is 13.8. The van der Waals surface area contributed by atoms with E-state index >= 15 is 0 Å². The van der Waals surface area contributed by atoms with E-state index in [0.717, 1.165) is 9.36 Å². The van der Waals surface area contributed by atoms with Gasteiger partial charge in [0.25, 0.3) is 5.19 Å². The van der Waals surface area contributed by atoms with E-state index in [1.54, 1.807) is 12.4 Å². The number of aryl methyl sites for hydroxylation is 2. The van der Waals surface area contributed by atoms with Gasteiger partial charge in [0.15, 0.2) is 5.82 Å². The SMILES string of the molecule is [3H]c1csc(OCc2c(-n3nnn(C)c3=O)nn(C)c2Cl)n1. The van der Waals surface area contributed by atoms with E-state index in [-0.39, 0.29) is 18.6 Å². The summed E-state index contributed by atoms with van der Waals surface area (Å²) in [6, 6.07) is 0. The molecule has 0 aliphatic heterocycles. The monoisotopic (exact) mass is 329 g/mol. The molecule has 3 aromatic rings. The maximum absolute atomic E-state index is 12.0. The Balaban J connectivity index is 1.96. The van der Waals surface area contributed by atoms with Crippen LogP contribution in [0.1, 0.15) is 6.93 Å². The number of thiazole rings is 1. The van der Waals surface area contributed by atoms with Gasteiger partial charge in [0.1, 0.15) is 11.8 Å². The Labute approximate surface area is 128 Å². The molecular formula is C10H10ClN7O2S. The third-order valence-corrected chi connectivity index (χ3v) is 3.79. The molecule has 0 saturated carbocycles. The van der Waals surface area contributed by atoms with Gasteiger partial charge in [0.2, 0.25) is 0 Å². The first-order valence-corrected chi connectivity index (χ1v) is 6.99. The van der Waals surface area contributed by atoms with E-state index in [9.17, 15) is 4.79 Å². The molecule has 0 radical (unpaired) electrons. The third-order valence-electron chi connectivity index (χ3n) is 2.68. The van der Waals surface area contributed by atoms with Crippen molar-refractivity contribution in [2.24, 2.45) is 14.1 Å². The first kappa shape index (κ1) is 12.5. The average molecular weight is 330 g/mol. The Morgan fingerprint density at radius 1 is 1.43 bits per heavy atom. The molecule has 0 unspecified atom stereocenters. The van der Waals surface area contributed by atoms with Gasteiger partial charge in [-0.25, -0.2) is 9.78 Å². The molecule has 110 valence electrons. The zero-order valence-corrected chi connectivity index (χ0v) is 12.6. The summed E-state index contributed by atoms with van der Waals surface area (Å²) in [5.74, 6) is 0.244. The lowest BCUT2D eigenvalue weighted by Gasteiger charge is -2.02. The topological polar surface area (TPSA) is 92.6 Å². The molecule has 0 spiro atoms. The summed E-state index contributed by atoms with van der Waals surface area (Å²) in [7, 11) is 3.12. The molecule has 0 aliphatic carbocycles. The summed E-state index contributed by atoms with van der Waals surface area (Å²) in [6.45, 7) is 0.0397. The maximum atomic E-state index is 12.0. The Morgan fingerprint density at radius 3 is 2.86 bits per heavy atom. The number of nitrogens with zero attached hydrogens (tertiary/aromatic N) is 7. The minimum absolute atomic E-state index is 0.0397. The van der Waals surface area contributed by atoms with Crippen LogP contribution in [0.5, 0.6) is 5.19 Å². The van der Waals surface area contributed by atoms with Crippen molar-refractivity contribution in [2.45, 2.75) is 6.61 Å². The largest absolute Gasteiger partial charge is 0.465 e. The molecule has 3 aromatic heterocycles. The minimum Gasteiger partial charge on any atom is -0.465 e. The number of rotatable bonds is 4. The van der Waals surface area contributed by atoms with Crippen LogP contribution in [0.15, 0.2) is 16.3 Å². The second-order valence-electron chi connectivity index (χ2n) is 4.04. The van der Waals surface area contributed by atoms with Gasteiger partial charge in [0, 0.05) is 25.6 Å². The summed E-state index contributed by atoms with van der Waals surface area (Å²) < 4.78 is 16.4. The highest BCUT2D eigenvalue weighted by molar-refractivity contribution is 7.11. The van der Waals surface area contributed by atoms with E-state index in [4.69, 9.17) is 17.7 Å². The van der Waals surface area contributed by atoms with Gasteiger partial charge in [-0.15, -0.1) is 4.68 Å². The first-order valence-electron chi connectivity index (χ1n) is 6.23. The zero-order valence-electron chi connectivity index (χ0n) is 12.0. The molecule has 0 aromatic carbocycles. The fourth-order valence-corrected chi connectivity index (χ4v) is 2.27. The predicted molar refractivity (Wildman–Crippen MR) is 74.8 cm³/mol. The van der Waals surface area contributed by atoms with Gasteiger partial charge in [0.05, 0.1) is 6.93 Å². The number of aromatic nitrogens is 7. The third kappa shape index (κ3) is 2.43. The molecule has 11 heteroatoms. The fraction of sp³-hybridized carbons (Fsp3) is 0.300. The Hall–Kier alpha value is -2.20. The number of hydrogen-bond donors (Lipinski definition) is 0. The molecule has 3 heterocycles. The normalized spacial score (nSPS) is 11.7. The van der Waals surface area contributed by atoms with Crippen molar-refractivity contribution < 1.29 is 6.11 Å². The standard InChI is InChI=1S/C10H10ClN7O2S/c1-16-7(11)6(5-20-9-12-3-4-21-9)8(13-16)18-10(19)17(2)14-15-18/h3-4H,5H2,1-2H3/i3T. The van der Waals surface area contributed by atoms with Crippen LogP contribution in [0.25, 0.3) is 5.82 Å². The van der Waals surface area contributed by atoms with E-state index < -0.39 is 5.69 Å². The van der Waals surface area contributed by atoms with Gasteiger partial charge in [-0.1, -0.05) is 22.9 Å². The van der Waals surface area contributed by atoms with Crippen LogP contribution in [0, 0.1) is 0 Å². The lowest BCUT2D eigenvalue weighted by Crippen LogP contribution is -2.23. The smallest absolute Gasteiger partial charge is 0.369 e. The molecule has 0 saturated heterocycles. The Morgan fingerprint density at radius 2 is 2.24 bits per heavy atom. The highest BCUT2D eigenvalue weighted by Crippen LogP contribution is 2.24. The second-order valence-corrected chi connectivity index (χ2v) is 5.22. The van der Waals surface area contributed by atoms with Crippen molar-refractivity contribution in [2.75, 3.05) is 0 Å². The van der Waals surface area contributed by atoms with Crippen LogP contribution in [-0.2, 0) is 20.7 Å². The van der Waals surface area contributed by atoms with Crippen LogP contribution in [0.2, 0.25) is 5.15 Å². The van der Waals surface area contributed by atoms with E-state index in [0.29, 0.717) is 15.9 Å². The fourth-order valence-electron chi connectivity index (χ4n) is 1.66. The summed E-state index contributed by atoms with van der Waals surface area (Å²) in [6.07, 6.45) is 0.127. The average Bonchev–Trinajstić information content (AvgIpc) is 3.11. The van der Waals surface area contributed by atoms with Crippen molar-refractivity contribution in [3.8, 4) is 11.0 Å². The van der Waals surface area contributed by atoms with Gasteiger partial charge < -0.3 is 4.74 Å². The molecule has 0 amide bonds. The van der Waals surface area contributed by atoms with Crippen molar-refractivity contribution >= 4 is 22.9 Å². The maximum Gasteiger partial charge on any atom is 0.369 e. The van der Waals surface area contributed by atoms with Crippen molar-refractivity contribution in [1.82, 2.24) is 34.6 Å². The quantitative estimate of drug-likeness (QED) is 0.687. The van der Waals surface area contributed by atoms with Gasteiger partial charge in [-0.3, -0.25) is 4.68 Å². The molecule has 0 N–H and O–H groups in total. The molecule has 0 bridgehead atoms. The minimum atomic E-state index is -0.446. The molecule has 9 nitrogen and oxygen atoms in total. The summed E-state index contributed by atoms with van der Waals surface area (Å²) >= 11 is 7.39. The number of halogens is 1. The highest BCUT2D eigenvalue weighted by Gasteiger charge is 2.20. The lowest BCUT2D eigenvalue weighted by atomic mass is 10.3. The number of hydrogen-bond acceptors (Lipinski definition) is 7. The highest BCUT2D eigenvalue weighted by atomic mass is 35.5. The van der Waals surface area contributed by atoms with Gasteiger partial charge >= 0.3 is 5.69 Å². The number of ether oxygens (including phenoxy) is 1. The van der Waals surface area contributed by atoms with Crippen molar-refractivity contribution in [3.05, 3.63) is 32.8 Å². The first-order chi connectivity index (χ1) is 10.5. The zero-order chi connectivity index (χ0) is 15.9. The second kappa shape index (κ2) is 5.30. The summed E-state index contributed by atoms with van der Waals surface area (Å²) in [5.41, 5.74) is 0.0345. The molecule has 3 rings (SSSR count). The lowest BCUT2D eigenvalue weighted by molar-refractivity contribution is 0.304. The van der Waals surface area contributed by atoms with Crippen molar-refractivity contribution in [3.63, 3.8) is 0 Å². The van der Waals surface area contributed by atoms with Crippen LogP contribution in [0.4, 0.5) is 0 Å². The van der Waals surface area contributed by atoms with Crippen LogP contribution >= 0.6 is 22.9 Å². The summed E-state index contributed by atoms with van der Waals surface area (Å²) in [4.78, 5) is 15.8. The van der Waals surface area contributed by atoms with Crippen LogP contribution in [0.3, 0.4) is 0 Å². The molecule has 0 atom stereocenters. The van der Waals surface area contributed by atoms with Gasteiger partial charge in [-0.2, -0.15) is 9.78 Å². The molecule has 0 aliphatic rings. The molecule has 0 fully saturated rings. The van der Waals surface area contributed by atoms with E-state index in [1.807, 2.05) is 0 Å². The molecular weight excluding hydrogens is 318 g/mol. The number of tetrazole rings is 1. The Kier molecular flexibility index (Phi) is 3.16. The molecule has 21 heavy (non-hydrogen) atoms. The van der Waals surface area contributed by atoms with E-state index in [1.165, 1.54) is 23.1 Å². The van der Waals surface area contributed by atoms with E-state index in [2.05, 4.69) is 20.5 Å². The van der Waals surface area contributed by atoms with Crippen LogP contribution in [-0.4, -0.2) is 34.6 Å². The predicted octanol–water partition coefficient (Wildman–Crippen LogP) is 0.388. The van der Waals surface area contributed by atoms with Crippen LogP contribution < -0.4 is 10.4 Å². The van der Waals surface area contributed by atoms with Gasteiger partial charge in [-0.05, 0) is 10.4 Å². The van der Waals surface area contributed by atoms with Crippen molar-refractivity contribution in [1.29, 1.82) is 0 Å².